The number of hydrogen-bond acceptors (Lipinski definition) is 4. The molecule has 0 saturated heterocycles. The van der Waals surface area contributed by atoms with E-state index in [1.54, 1.807) is 6.07 Å². The summed E-state index contributed by atoms with van der Waals surface area (Å²) in [7, 11) is 0. The molecule has 9 heteroatoms. The fourth-order valence-electron chi connectivity index (χ4n) is 1.73. The largest absolute Gasteiger partial charge is 0.475 e. The van der Waals surface area contributed by atoms with Gasteiger partial charge in [0, 0.05) is 0 Å². The van der Waals surface area contributed by atoms with Crippen molar-refractivity contribution in [2.45, 2.75) is 13.1 Å². The molecule has 0 unspecified atom stereocenters. The van der Waals surface area contributed by atoms with Crippen LogP contribution in [0, 0.1) is 18.3 Å². The smallest absolute Gasteiger partial charge is 0.418 e. The van der Waals surface area contributed by atoms with Crippen LogP contribution in [0.15, 0.2) is 18.2 Å². The zero-order valence-corrected chi connectivity index (χ0v) is 10.5. The van der Waals surface area contributed by atoms with Crippen LogP contribution >= 0.6 is 0 Å². The summed E-state index contributed by atoms with van der Waals surface area (Å²) in [6.45, 7) is 1.33. The fourth-order valence-corrected chi connectivity index (χ4v) is 1.73. The lowest BCUT2D eigenvalue weighted by Gasteiger charge is -2.13. The Bertz CT molecular complexity index is 759. The summed E-state index contributed by atoms with van der Waals surface area (Å²) in [5.41, 5.74) is -1.65. The van der Waals surface area contributed by atoms with Crippen LogP contribution in [-0.4, -0.2) is 25.8 Å². The molecule has 1 heterocycles. The third-order valence-electron chi connectivity index (χ3n) is 2.62. The zero-order valence-electron chi connectivity index (χ0n) is 10.5. The first-order chi connectivity index (χ1) is 9.74. The number of nitrogens with zero attached hydrogens (tertiary/aromatic N) is 4. The van der Waals surface area contributed by atoms with Gasteiger partial charge in [0.15, 0.2) is 0 Å². The van der Waals surface area contributed by atoms with Crippen LogP contribution in [-0.2, 0) is 6.18 Å². The Morgan fingerprint density at radius 2 is 2.10 bits per heavy atom. The first-order valence-electron chi connectivity index (χ1n) is 5.52. The van der Waals surface area contributed by atoms with E-state index in [-0.39, 0.29) is 17.1 Å². The summed E-state index contributed by atoms with van der Waals surface area (Å²) in [4.78, 5) is 14.3. The maximum Gasteiger partial charge on any atom is 0.418 e. The topological polar surface area (TPSA) is 91.8 Å². The van der Waals surface area contributed by atoms with Crippen molar-refractivity contribution in [3.05, 3.63) is 41.0 Å². The highest BCUT2D eigenvalue weighted by atomic mass is 19.4. The summed E-state index contributed by atoms with van der Waals surface area (Å²) >= 11 is 0. The van der Waals surface area contributed by atoms with Crippen molar-refractivity contribution in [2.75, 3.05) is 0 Å². The van der Waals surface area contributed by atoms with Gasteiger partial charge in [-0.25, -0.2) is 14.5 Å². The van der Waals surface area contributed by atoms with E-state index in [9.17, 15) is 18.0 Å². The average molecular weight is 296 g/mol. The molecule has 0 amide bonds. The van der Waals surface area contributed by atoms with Crippen molar-refractivity contribution in [1.82, 2.24) is 14.8 Å². The van der Waals surface area contributed by atoms with E-state index in [2.05, 4.69) is 10.1 Å². The number of carbonyl (C=O) groups is 1. The lowest BCUT2D eigenvalue weighted by atomic mass is 10.1. The molecule has 0 fully saturated rings. The van der Waals surface area contributed by atoms with Crippen molar-refractivity contribution >= 4 is 5.97 Å². The van der Waals surface area contributed by atoms with Crippen LogP contribution in [0.25, 0.3) is 5.69 Å². The van der Waals surface area contributed by atoms with Crippen molar-refractivity contribution in [3.8, 4) is 11.8 Å². The highest BCUT2D eigenvalue weighted by Crippen LogP contribution is 2.34. The third kappa shape index (κ3) is 2.69. The first kappa shape index (κ1) is 14.5. The number of aromatic nitrogens is 3. The number of hydrogen-bond donors (Lipinski definition) is 1. The summed E-state index contributed by atoms with van der Waals surface area (Å²) < 4.78 is 40.0. The van der Waals surface area contributed by atoms with E-state index in [1.165, 1.54) is 13.0 Å². The SMILES string of the molecule is Cc1nc(C(=O)O)nn1-c1ccc(C#N)cc1C(F)(F)F. The van der Waals surface area contributed by atoms with Crippen molar-refractivity contribution in [3.63, 3.8) is 0 Å². The molecule has 6 nitrogen and oxygen atoms in total. The van der Waals surface area contributed by atoms with Crippen LogP contribution in [0.1, 0.15) is 27.6 Å². The molecule has 1 aromatic carbocycles. The number of aryl methyl sites for hydroxylation is 1. The van der Waals surface area contributed by atoms with Crippen molar-refractivity contribution in [2.24, 2.45) is 0 Å². The first-order valence-corrected chi connectivity index (χ1v) is 5.52. The van der Waals surface area contributed by atoms with Gasteiger partial charge >= 0.3 is 12.1 Å². The van der Waals surface area contributed by atoms with Crippen LogP contribution in [0.2, 0.25) is 0 Å². The lowest BCUT2D eigenvalue weighted by Crippen LogP contribution is -2.13. The van der Waals surface area contributed by atoms with E-state index < -0.39 is 23.5 Å². The second kappa shape index (κ2) is 4.90. The molecule has 108 valence electrons. The van der Waals surface area contributed by atoms with Gasteiger partial charge in [-0.3, -0.25) is 0 Å². The van der Waals surface area contributed by atoms with Gasteiger partial charge in [0.25, 0.3) is 5.82 Å². The summed E-state index contributed by atoms with van der Waals surface area (Å²) in [6.07, 6.45) is -4.72. The average Bonchev–Trinajstić information content (AvgIpc) is 2.79. The number of rotatable bonds is 2. The summed E-state index contributed by atoms with van der Waals surface area (Å²) in [5.74, 6) is -2.06. The molecule has 0 aliphatic heterocycles. The van der Waals surface area contributed by atoms with E-state index in [0.29, 0.717) is 6.07 Å². The molecule has 1 N–H and O–H groups in total. The van der Waals surface area contributed by atoms with Gasteiger partial charge in [-0.1, -0.05) is 0 Å². The van der Waals surface area contributed by atoms with Crippen LogP contribution < -0.4 is 0 Å². The molecular weight excluding hydrogens is 289 g/mol. The van der Waals surface area contributed by atoms with Crippen molar-refractivity contribution < 1.29 is 23.1 Å². The quantitative estimate of drug-likeness (QED) is 0.916. The molecule has 0 aliphatic rings. The number of alkyl halides is 3. The molecule has 0 aliphatic carbocycles. The van der Waals surface area contributed by atoms with Crippen LogP contribution in [0.4, 0.5) is 13.2 Å². The van der Waals surface area contributed by atoms with Gasteiger partial charge in [-0.05, 0) is 25.1 Å². The Kier molecular flexibility index (Phi) is 3.39. The minimum Gasteiger partial charge on any atom is -0.475 e. The number of aromatic carboxylic acids is 1. The maximum atomic E-state index is 13.1. The second-order valence-corrected chi connectivity index (χ2v) is 4.04. The molecule has 0 atom stereocenters. The van der Waals surface area contributed by atoms with E-state index in [0.717, 1.165) is 10.7 Å². The number of benzene rings is 1. The van der Waals surface area contributed by atoms with Gasteiger partial charge in [-0.15, -0.1) is 5.10 Å². The summed E-state index contributed by atoms with van der Waals surface area (Å²) in [5, 5.41) is 21.0. The minimum absolute atomic E-state index is 0.0115. The van der Waals surface area contributed by atoms with E-state index >= 15 is 0 Å². The van der Waals surface area contributed by atoms with Crippen LogP contribution in [0.5, 0.6) is 0 Å². The monoisotopic (exact) mass is 296 g/mol. The Balaban J connectivity index is 2.70. The standard InChI is InChI=1S/C12H7F3N4O2/c1-6-17-10(11(20)21)18-19(6)9-3-2-7(5-16)4-8(9)12(13,14)15/h2-4H,1H3,(H,20,21). The molecule has 2 rings (SSSR count). The predicted octanol–water partition coefficient (Wildman–Crippen LogP) is 2.16. The second-order valence-electron chi connectivity index (χ2n) is 4.04. The summed E-state index contributed by atoms with van der Waals surface area (Å²) in [6, 6.07) is 4.53. The van der Waals surface area contributed by atoms with E-state index in [1.807, 2.05) is 0 Å². The van der Waals surface area contributed by atoms with Crippen LogP contribution in [0.3, 0.4) is 0 Å². The highest BCUT2D eigenvalue weighted by Gasteiger charge is 2.35. The lowest BCUT2D eigenvalue weighted by molar-refractivity contribution is -0.137. The molecule has 21 heavy (non-hydrogen) atoms. The molecule has 0 bridgehead atoms. The predicted molar refractivity (Wildman–Crippen MR) is 62.8 cm³/mol. The Labute approximate surface area is 116 Å². The van der Waals surface area contributed by atoms with Gasteiger partial charge in [0.05, 0.1) is 22.9 Å². The van der Waals surface area contributed by atoms with Gasteiger partial charge < -0.3 is 5.11 Å². The Morgan fingerprint density at radius 1 is 1.43 bits per heavy atom. The number of halogens is 3. The van der Waals surface area contributed by atoms with Gasteiger partial charge in [-0.2, -0.15) is 18.4 Å². The zero-order chi connectivity index (χ0) is 15.8. The number of nitriles is 1. The normalized spacial score (nSPS) is 11.2. The Hall–Kier alpha value is -2.89. The van der Waals surface area contributed by atoms with E-state index in [4.69, 9.17) is 10.4 Å². The fraction of sp³-hybridized carbons (Fsp3) is 0.167. The Morgan fingerprint density at radius 3 is 2.57 bits per heavy atom. The number of carboxylic acid groups (broad SMARTS) is 1. The van der Waals surface area contributed by atoms with Gasteiger partial charge in [0.1, 0.15) is 5.82 Å². The highest BCUT2D eigenvalue weighted by molar-refractivity contribution is 5.83. The molecule has 1 aromatic heterocycles. The van der Waals surface area contributed by atoms with Crippen molar-refractivity contribution in [1.29, 1.82) is 5.26 Å². The molecule has 0 spiro atoms. The molecule has 2 aromatic rings. The third-order valence-corrected chi connectivity index (χ3v) is 2.62. The van der Waals surface area contributed by atoms with Gasteiger partial charge in [0.2, 0.25) is 0 Å². The maximum absolute atomic E-state index is 13.1. The molecule has 0 saturated carbocycles. The molecule has 0 radical (unpaired) electrons. The molecular formula is C12H7F3N4O2. The number of carboxylic acids is 1. The minimum atomic E-state index is -4.72.